The van der Waals surface area contributed by atoms with E-state index in [2.05, 4.69) is 22.4 Å². The molecule has 0 aliphatic heterocycles. The number of aromatic nitrogens is 2. The monoisotopic (exact) mass is 305 g/mol. The highest BCUT2D eigenvalue weighted by molar-refractivity contribution is 6.32. The van der Waals surface area contributed by atoms with E-state index in [1.165, 1.54) is 0 Å². The summed E-state index contributed by atoms with van der Waals surface area (Å²) in [5.74, 6) is 1.20. The summed E-state index contributed by atoms with van der Waals surface area (Å²) in [7, 11) is 0. The highest BCUT2D eigenvalue weighted by Gasteiger charge is 2.06. The minimum atomic E-state index is 0.482. The molecule has 1 aromatic heterocycles. The third kappa shape index (κ3) is 4.41. The van der Waals surface area contributed by atoms with Gasteiger partial charge in [0.15, 0.2) is 0 Å². The van der Waals surface area contributed by atoms with Gasteiger partial charge >= 0.3 is 0 Å². The number of hydrogen-bond donors (Lipinski definition) is 1. The molecule has 0 aliphatic rings. The summed E-state index contributed by atoms with van der Waals surface area (Å²) >= 11 is 6.14. The summed E-state index contributed by atoms with van der Waals surface area (Å²) in [6, 6.07) is 7.54. The standard InChI is InChI=1S/C16H20ClN3O/c1-4-7-18-10-13-5-6-15(20-19-13)21-14-8-11(2)16(17)12(3)9-14/h5-6,8-9,18H,4,7,10H2,1-3H3. The molecule has 112 valence electrons. The molecule has 0 atom stereocenters. The van der Waals surface area contributed by atoms with Gasteiger partial charge in [0.25, 0.3) is 0 Å². The van der Waals surface area contributed by atoms with Gasteiger partial charge in [-0.3, -0.25) is 0 Å². The predicted octanol–water partition coefficient (Wildman–Crippen LogP) is 4.04. The Morgan fingerprint density at radius 2 is 1.86 bits per heavy atom. The van der Waals surface area contributed by atoms with Crippen LogP contribution in [0.4, 0.5) is 0 Å². The largest absolute Gasteiger partial charge is 0.438 e. The number of rotatable bonds is 6. The molecule has 0 spiro atoms. The number of aryl methyl sites for hydroxylation is 2. The van der Waals surface area contributed by atoms with Crippen molar-refractivity contribution in [2.75, 3.05) is 6.54 Å². The molecule has 1 N–H and O–H groups in total. The maximum atomic E-state index is 6.14. The van der Waals surface area contributed by atoms with Crippen LogP contribution >= 0.6 is 11.6 Å². The summed E-state index contributed by atoms with van der Waals surface area (Å²) in [4.78, 5) is 0. The average Bonchev–Trinajstić information content (AvgIpc) is 2.47. The first-order chi connectivity index (χ1) is 10.1. The van der Waals surface area contributed by atoms with Crippen molar-refractivity contribution in [2.45, 2.75) is 33.7 Å². The van der Waals surface area contributed by atoms with Crippen LogP contribution in [0.5, 0.6) is 11.6 Å². The Balaban J connectivity index is 2.03. The zero-order valence-electron chi connectivity index (χ0n) is 12.6. The lowest BCUT2D eigenvalue weighted by molar-refractivity contribution is 0.452. The van der Waals surface area contributed by atoms with Gasteiger partial charge in [-0.15, -0.1) is 5.10 Å². The molecular weight excluding hydrogens is 286 g/mol. The first kappa shape index (κ1) is 15.7. The molecule has 2 rings (SSSR count). The SMILES string of the molecule is CCCNCc1ccc(Oc2cc(C)c(Cl)c(C)c2)nn1. The van der Waals surface area contributed by atoms with Crippen LogP contribution in [0.1, 0.15) is 30.2 Å². The van der Waals surface area contributed by atoms with Crippen molar-refractivity contribution in [3.8, 4) is 11.6 Å². The number of nitrogens with zero attached hydrogens (tertiary/aromatic N) is 2. The fourth-order valence-corrected chi connectivity index (χ4v) is 2.08. The fraction of sp³-hybridized carbons (Fsp3) is 0.375. The lowest BCUT2D eigenvalue weighted by atomic mass is 10.1. The molecule has 0 fully saturated rings. The van der Waals surface area contributed by atoms with E-state index in [1.54, 1.807) is 0 Å². The van der Waals surface area contributed by atoms with Gasteiger partial charge in [0, 0.05) is 17.6 Å². The summed E-state index contributed by atoms with van der Waals surface area (Å²) in [6.45, 7) is 7.74. The number of benzene rings is 1. The van der Waals surface area contributed by atoms with Crippen LogP contribution < -0.4 is 10.1 Å². The van der Waals surface area contributed by atoms with Crippen LogP contribution in [0.3, 0.4) is 0 Å². The minimum Gasteiger partial charge on any atom is -0.438 e. The van der Waals surface area contributed by atoms with Gasteiger partial charge in [0.1, 0.15) is 5.75 Å². The highest BCUT2D eigenvalue weighted by atomic mass is 35.5. The number of halogens is 1. The van der Waals surface area contributed by atoms with Crippen LogP contribution in [0.2, 0.25) is 5.02 Å². The van der Waals surface area contributed by atoms with Crippen LogP contribution in [-0.2, 0) is 6.54 Å². The van der Waals surface area contributed by atoms with Gasteiger partial charge in [-0.25, -0.2) is 0 Å². The highest BCUT2D eigenvalue weighted by Crippen LogP contribution is 2.28. The van der Waals surface area contributed by atoms with Crippen LogP contribution in [0.25, 0.3) is 0 Å². The molecule has 2 aromatic rings. The predicted molar refractivity (Wildman–Crippen MR) is 85.0 cm³/mol. The maximum absolute atomic E-state index is 6.14. The second kappa shape index (κ2) is 7.38. The Labute approximate surface area is 130 Å². The quantitative estimate of drug-likeness (QED) is 0.818. The summed E-state index contributed by atoms with van der Waals surface area (Å²) in [5.41, 5.74) is 2.87. The van der Waals surface area contributed by atoms with Gasteiger partial charge < -0.3 is 10.1 Å². The number of ether oxygens (including phenoxy) is 1. The molecular formula is C16H20ClN3O. The Hall–Kier alpha value is -1.65. The topological polar surface area (TPSA) is 47.0 Å². The van der Waals surface area contributed by atoms with Crippen molar-refractivity contribution >= 4 is 11.6 Å². The van der Waals surface area contributed by atoms with Gasteiger partial charge in [0.05, 0.1) is 5.69 Å². The lowest BCUT2D eigenvalue weighted by Gasteiger charge is -2.09. The molecule has 1 heterocycles. The Kier molecular flexibility index (Phi) is 5.53. The van der Waals surface area contributed by atoms with Crippen molar-refractivity contribution in [1.82, 2.24) is 15.5 Å². The van der Waals surface area contributed by atoms with E-state index >= 15 is 0 Å². The van der Waals surface area contributed by atoms with Crippen LogP contribution in [0.15, 0.2) is 24.3 Å². The molecule has 5 heteroatoms. The van der Waals surface area contributed by atoms with Crippen molar-refractivity contribution in [1.29, 1.82) is 0 Å². The van der Waals surface area contributed by atoms with E-state index in [9.17, 15) is 0 Å². The smallest absolute Gasteiger partial charge is 0.238 e. The van der Waals surface area contributed by atoms with Gasteiger partial charge in [0.2, 0.25) is 5.88 Å². The van der Waals surface area contributed by atoms with E-state index in [4.69, 9.17) is 16.3 Å². The molecule has 0 bridgehead atoms. The van der Waals surface area contributed by atoms with Gasteiger partial charge in [-0.05, 0) is 56.1 Å². The first-order valence-electron chi connectivity index (χ1n) is 7.08. The number of nitrogens with one attached hydrogen (secondary N) is 1. The summed E-state index contributed by atoms with van der Waals surface area (Å²) < 4.78 is 5.72. The molecule has 0 saturated carbocycles. The Bertz CT molecular complexity index is 576. The van der Waals surface area contributed by atoms with Crippen LogP contribution in [0, 0.1) is 13.8 Å². The maximum Gasteiger partial charge on any atom is 0.238 e. The Morgan fingerprint density at radius 1 is 1.14 bits per heavy atom. The second-order valence-electron chi connectivity index (χ2n) is 5.01. The third-order valence-corrected chi connectivity index (χ3v) is 3.66. The molecule has 0 amide bonds. The molecule has 0 radical (unpaired) electrons. The molecule has 0 saturated heterocycles. The zero-order valence-corrected chi connectivity index (χ0v) is 13.4. The summed E-state index contributed by atoms with van der Waals surface area (Å²) in [6.07, 6.45) is 1.10. The minimum absolute atomic E-state index is 0.482. The van der Waals surface area contributed by atoms with Crippen LogP contribution in [-0.4, -0.2) is 16.7 Å². The molecule has 1 aromatic carbocycles. The summed E-state index contributed by atoms with van der Waals surface area (Å²) in [5, 5.41) is 12.3. The van der Waals surface area contributed by atoms with Gasteiger partial charge in [-0.2, -0.15) is 5.10 Å². The van der Waals surface area contributed by atoms with Crippen molar-refractivity contribution in [3.05, 3.63) is 46.1 Å². The molecule has 4 nitrogen and oxygen atoms in total. The van der Waals surface area contributed by atoms with Gasteiger partial charge in [-0.1, -0.05) is 18.5 Å². The zero-order chi connectivity index (χ0) is 15.2. The van der Waals surface area contributed by atoms with E-state index in [0.717, 1.165) is 47.1 Å². The Morgan fingerprint density at radius 3 is 2.43 bits per heavy atom. The lowest BCUT2D eigenvalue weighted by Crippen LogP contribution is -2.15. The van der Waals surface area contributed by atoms with E-state index in [-0.39, 0.29) is 0 Å². The third-order valence-electron chi connectivity index (χ3n) is 3.06. The normalized spacial score (nSPS) is 10.7. The average molecular weight is 306 g/mol. The van der Waals surface area contributed by atoms with E-state index in [1.807, 2.05) is 38.1 Å². The number of hydrogen-bond acceptors (Lipinski definition) is 4. The second-order valence-corrected chi connectivity index (χ2v) is 5.39. The van der Waals surface area contributed by atoms with Crippen molar-refractivity contribution in [3.63, 3.8) is 0 Å². The molecule has 0 aliphatic carbocycles. The van der Waals surface area contributed by atoms with E-state index < -0.39 is 0 Å². The van der Waals surface area contributed by atoms with Crippen molar-refractivity contribution in [2.24, 2.45) is 0 Å². The fourth-order valence-electron chi connectivity index (χ4n) is 1.98. The van der Waals surface area contributed by atoms with Crippen molar-refractivity contribution < 1.29 is 4.74 Å². The van der Waals surface area contributed by atoms with E-state index in [0.29, 0.717) is 5.88 Å². The molecule has 21 heavy (non-hydrogen) atoms. The first-order valence-corrected chi connectivity index (χ1v) is 7.46. The molecule has 0 unspecified atom stereocenters.